The van der Waals surface area contributed by atoms with Crippen LogP contribution in [0.3, 0.4) is 0 Å². The Morgan fingerprint density at radius 1 is 0.921 bits per heavy atom. The Labute approximate surface area is 221 Å². The van der Waals surface area contributed by atoms with E-state index in [1.54, 1.807) is 54.6 Å². The smallest absolute Gasteiger partial charge is 0.272 e. The predicted molar refractivity (Wildman–Crippen MR) is 145 cm³/mol. The second kappa shape index (κ2) is 10.4. The Hall–Kier alpha value is -5.16. The van der Waals surface area contributed by atoms with Crippen LogP contribution in [-0.2, 0) is 6.54 Å². The van der Waals surface area contributed by atoms with Gasteiger partial charge in [0.15, 0.2) is 5.69 Å². The van der Waals surface area contributed by atoms with Crippen LogP contribution in [0.25, 0.3) is 16.9 Å². The first kappa shape index (κ1) is 24.5. The third-order valence-corrected chi connectivity index (χ3v) is 5.88. The van der Waals surface area contributed by atoms with Gasteiger partial charge in [0.1, 0.15) is 17.5 Å². The first-order chi connectivity index (χ1) is 18.4. The van der Waals surface area contributed by atoms with Crippen molar-refractivity contribution in [1.29, 1.82) is 0 Å². The fraction of sp³-hybridized carbons (Fsp3) is 0.0385. The lowest BCUT2D eigenvalue weighted by atomic mass is 10.1. The summed E-state index contributed by atoms with van der Waals surface area (Å²) in [5.41, 5.74) is 14.3. The number of hydrogen-bond donors (Lipinski definition) is 5. The minimum atomic E-state index is -0.488. The van der Waals surface area contributed by atoms with Crippen LogP contribution >= 0.6 is 11.6 Å². The molecule has 5 aromatic rings. The molecule has 5 rings (SSSR count). The van der Waals surface area contributed by atoms with Crippen LogP contribution in [-0.4, -0.2) is 36.8 Å². The molecule has 3 aromatic heterocycles. The number of amides is 2. The number of para-hydroxylation sites is 1. The molecule has 0 aliphatic carbocycles. The van der Waals surface area contributed by atoms with E-state index in [-0.39, 0.29) is 28.6 Å². The summed E-state index contributed by atoms with van der Waals surface area (Å²) in [5.74, 6) is 0.0217. The molecular formula is C26H22ClN9O2. The van der Waals surface area contributed by atoms with E-state index in [2.05, 4.69) is 30.9 Å². The quantitative estimate of drug-likeness (QED) is 0.215. The highest BCUT2D eigenvalue weighted by molar-refractivity contribution is 6.34. The van der Waals surface area contributed by atoms with Crippen molar-refractivity contribution in [2.24, 2.45) is 0 Å². The number of hydrogen-bond acceptors (Lipinski definition) is 7. The van der Waals surface area contributed by atoms with E-state index in [1.165, 1.54) is 10.7 Å². The number of nitrogen functional groups attached to an aromatic ring is 2. The van der Waals surface area contributed by atoms with E-state index in [4.69, 9.17) is 23.1 Å². The molecule has 7 N–H and O–H groups in total. The number of halogens is 1. The van der Waals surface area contributed by atoms with Crippen LogP contribution in [0.2, 0.25) is 5.02 Å². The summed E-state index contributed by atoms with van der Waals surface area (Å²) in [6, 6.07) is 22.4. The number of carbonyl (C=O) groups is 2. The van der Waals surface area contributed by atoms with Gasteiger partial charge in [-0.2, -0.15) is 10.2 Å². The molecule has 0 fully saturated rings. The molecule has 0 unspecified atom stereocenters. The average Bonchev–Trinajstić information content (AvgIpc) is 3.54. The van der Waals surface area contributed by atoms with Gasteiger partial charge in [0.2, 0.25) is 0 Å². The molecule has 3 heterocycles. The molecule has 12 heteroatoms. The number of nitrogens with one attached hydrogen (secondary N) is 3. The first-order valence-electron chi connectivity index (χ1n) is 11.4. The Kier molecular flexibility index (Phi) is 6.74. The zero-order valence-electron chi connectivity index (χ0n) is 19.9. The van der Waals surface area contributed by atoms with Gasteiger partial charge in [-0.3, -0.25) is 14.7 Å². The van der Waals surface area contributed by atoms with Crippen molar-refractivity contribution in [2.75, 3.05) is 16.8 Å². The Bertz CT molecular complexity index is 1630. The highest BCUT2D eigenvalue weighted by atomic mass is 35.5. The average molecular weight is 528 g/mol. The fourth-order valence-corrected chi connectivity index (χ4v) is 3.94. The summed E-state index contributed by atoms with van der Waals surface area (Å²) in [6.45, 7) is 0.170. The van der Waals surface area contributed by atoms with Crippen molar-refractivity contribution < 1.29 is 9.59 Å². The first-order valence-corrected chi connectivity index (χ1v) is 11.8. The molecule has 11 nitrogen and oxygen atoms in total. The summed E-state index contributed by atoms with van der Waals surface area (Å²) in [6.07, 6.45) is 0. The molecule has 38 heavy (non-hydrogen) atoms. The number of H-pyrrole nitrogens is 1. The lowest BCUT2D eigenvalue weighted by molar-refractivity contribution is 0.0944. The number of pyridine rings is 1. The minimum Gasteiger partial charge on any atom is -0.384 e. The van der Waals surface area contributed by atoms with Crippen molar-refractivity contribution >= 4 is 40.9 Å². The molecule has 0 saturated carbocycles. The summed E-state index contributed by atoms with van der Waals surface area (Å²) in [5, 5.41) is 16.8. The molecule has 0 saturated heterocycles. The lowest BCUT2D eigenvalue weighted by Gasteiger charge is -2.11. The van der Waals surface area contributed by atoms with Gasteiger partial charge in [-0.25, -0.2) is 9.67 Å². The number of benzene rings is 2. The van der Waals surface area contributed by atoms with Gasteiger partial charge in [-0.05, 0) is 36.4 Å². The normalized spacial score (nSPS) is 10.8. The monoisotopic (exact) mass is 527 g/mol. The predicted octanol–water partition coefficient (Wildman–Crippen LogP) is 3.66. The van der Waals surface area contributed by atoms with Crippen molar-refractivity contribution in [3.8, 4) is 16.9 Å². The van der Waals surface area contributed by atoms with Gasteiger partial charge >= 0.3 is 0 Å². The highest BCUT2D eigenvalue weighted by Gasteiger charge is 2.20. The van der Waals surface area contributed by atoms with Gasteiger partial charge in [0.25, 0.3) is 11.8 Å². The third-order valence-electron chi connectivity index (χ3n) is 5.55. The molecule has 0 aliphatic heterocycles. The maximum Gasteiger partial charge on any atom is 0.272 e. The topological polar surface area (TPSA) is 170 Å². The summed E-state index contributed by atoms with van der Waals surface area (Å²) < 4.78 is 1.47. The second-order valence-corrected chi connectivity index (χ2v) is 8.67. The Balaban J connectivity index is 1.43. The van der Waals surface area contributed by atoms with Gasteiger partial charge in [0.05, 0.1) is 34.2 Å². The van der Waals surface area contributed by atoms with E-state index in [1.807, 2.05) is 18.2 Å². The molecule has 0 aliphatic rings. The van der Waals surface area contributed by atoms with Crippen LogP contribution in [0.1, 0.15) is 26.5 Å². The molecule has 0 radical (unpaired) electrons. The van der Waals surface area contributed by atoms with E-state index >= 15 is 0 Å². The van der Waals surface area contributed by atoms with Gasteiger partial charge in [-0.15, -0.1) is 0 Å². The van der Waals surface area contributed by atoms with Crippen LogP contribution < -0.4 is 22.1 Å². The van der Waals surface area contributed by atoms with E-state index in [9.17, 15) is 9.59 Å². The number of nitrogens with two attached hydrogens (primary N) is 2. The number of carbonyl (C=O) groups excluding carboxylic acids is 2. The van der Waals surface area contributed by atoms with Crippen LogP contribution in [0, 0.1) is 0 Å². The van der Waals surface area contributed by atoms with Crippen LogP contribution in [0.5, 0.6) is 0 Å². The third kappa shape index (κ3) is 5.32. The molecule has 2 amide bonds. The summed E-state index contributed by atoms with van der Waals surface area (Å²) >= 11 is 6.38. The number of nitrogens with zero attached hydrogens (tertiary/aromatic N) is 4. The SMILES string of the molecule is Nc1cc(CNC(=O)c2cc(NC(=O)c3cc(-c4cccc(N)n4)ccc3Cl)n(-c3ccccc3)n2)[nH]n1. The fourth-order valence-electron chi connectivity index (χ4n) is 3.74. The number of rotatable bonds is 7. The molecule has 0 bridgehead atoms. The van der Waals surface area contributed by atoms with Gasteiger partial charge in [0, 0.05) is 17.7 Å². The van der Waals surface area contributed by atoms with Crippen molar-refractivity contribution in [1.82, 2.24) is 30.3 Å². The lowest BCUT2D eigenvalue weighted by Crippen LogP contribution is -2.23. The molecular weight excluding hydrogens is 506 g/mol. The number of aromatic amines is 1. The number of aromatic nitrogens is 5. The van der Waals surface area contributed by atoms with Gasteiger partial charge < -0.3 is 22.1 Å². The van der Waals surface area contributed by atoms with Crippen LogP contribution in [0.15, 0.2) is 78.9 Å². The van der Waals surface area contributed by atoms with Crippen molar-refractivity contribution in [3.63, 3.8) is 0 Å². The van der Waals surface area contributed by atoms with E-state index in [0.717, 1.165) is 0 Å². The summed E-state index contributed by atoms with van der Waals surface area (Å²) in [7, 11) is 0. The van der Waals surface area contributed by atoms with Gasteiger partial charge in [-0.1, -0.05) is 41.9 Å². The van der Waals surface area contributed by atoms with Crippen LogP contribution in [0.4, 0.5) is 17.5 Å². The van der Waals surface area contributed by atoms with E-state index < -0.39 is 11.8 Å². The summed E-state index contributed by atoms with van der Waals surface area (Å²) in [4.78, 5) is 30.5. The highest BCUT2D eigenvalue weighted by Crippen LogP contribution is 2.26. The number of anilines is 3. The largest absolute Gasteiger partial charge is 0.384 e. The zero-order valence-corrected chi connectivity index (χ0v) is 20.6. The molecule has 0 spiro atoms. The Morgan fingerprint density at radius 3 is 2.47 bits per heavy atom. The van der Waals surface area contributed by atoms with Crippen molar-refractivity contribution in [2.45, 2.75) is 6.54 Å². The molecule has 190 valence electrons. The maximum absolute atomic E-state index is 13.4. The molecule has 0 atom stereocenters. The van der Waals surface area contributed by atoms with Crippen molar-refractivity contribution in [3.05, 3.63) is 101 Å². The zero-order chi connectivity index (χ0) is 26.6. The maximum atomic E-state index is 13.4. The second-order valence-electron chi connectivity index (χ2n) is 8.26. The molecule has 2 aromatic carbocycles. The van der Waals surface area contributed by atoms with E-state index in [0.29, 0.717) is 34.3 Å². The minimum absolute atomic E-state index is 0.0976. The standard InChI is InChI=1S/C26H22ClN9O2/c27-19-10-9-15(20-7-4-8-22(28)31-20)11-18(19)25(37)32-24-13-21(35-36(24)17-5-2-1-3-6-17)26(38)30-14-16-12-23(29)34-33-16/h1-13H,14H2,(H2,28,31)(H,30,38)(H,32,37)(H3,29,33,34). The Morgan fingerprint density at radius 2 is 1.74 bits per heavy atom.